The number of aliphatic imine (C=N–C) groups is 1. The first-order valence-corrected chi connectivity index (χ1v) is 10.1. The standard InChI is InChI=1S/C21H34N6O4/c1-21(2,3)16(27-17(28)14(22)10-7-11-25-20(23)24)18(29)26-15(19(30)31)12-13-8-5-4-6-9-13/h4-6,8-9,14-16H,7,10-12,22H2,1-3H3,(H,26,29)(H,27,28)(H,30,31)(H4,23,24,25)/t14-,15-,16-/m0/s1. The molecular weight excluding hydrogens is 400 g/mol. The Morgan fingerprint density at radius 3 is 2.19 bits per heavy atom. The number of carboxylic acids is 1. The van der Waals surface area contributed by atoms with E-state index in [1.54, 1.807) is 45.0 Å². The van der Waals surface area contributed by atoms with Crippen molar-refractivity contribution >= 4 is 23.7 Å². The van der Waals surface area contributed by atoms with Crippen LogP contribution in [-0.2, 0) is 20.8 Å². The Morgan fingerprint density at radius 2 is 1.68 bits per heavy atom. The number of nitrogens with one attached hydrogen (secondary N) is 2. The van der Waals surface area contributed by atoms with E-state index in [1.165, 1.54) is 0 Å². The number of benzene rings is 1. The van der Waals surface area contributed by atoms with Gasteiger partial charge in [-0.1, -0.05) is 51.1 Å². The highest BCUT2D eigenvalue weighted by Crippen LogP contribution is 2.20. The zero-order valence-corrected chi connectivity index (χ0v) is 18.3. The molecule has 2 amide bonds. The number of nitrogens with two attached hydrogens (primary N) is 3. The number of hydrogen-bond acceptors (Lipinski definition) is 5. The molecule has 0 saturated carbocycles. The van der Waals surface area contributed by atoms with Crippen LogP contribution in [0, 0.1) is 5.41 Å². The third kappa shape index (κ3) is 9.47. The number of nitrogens with zero attached hydrogens (tertiary/aromatic N) is 1. The summed E-state index contributed by atoms with van der Waals surface area (Å²) in [5.41, 5.74) is 16.5. The fourth-order valence-corrected chi connectivity index (χ4v) is 2.88. The van der Waals surface area contributed by atoms with Crippen molar-refractivity contribution in [2.45, 2.75) is 58.2 Å². The predicted molar refractivity (Wildman–Crippen MR) is 119 cm³/mol. The Hall–Kier alpha value is -3.14. The smallest absolute Gasteiger partial charge is 0.326 e. The average Bonchev–Trinajstić information content (AvgIpc) is 2.68. The molecule has 1 aromatic rings. The number of carbonyl (C=O) groups is 3. The summed E-state index contributed by atoms with van der Waals surface area (Å²) in [7, 11) is 0. The van der Waals surface area contributed by atoms with Gasteiger partial charge in [0.25, 0.3) is 0 Å². The molecule has 0 fully saturated rings. The molecule has 31 heavy (non-hydrogen) atoms. The summed E-state index contributed by atoms with van der Waals surface area (Å²) < 4.78 is 0. The van der Waals surface area contributed by atoms with Crippen molar-refractivity contribution in [3.63, 3.8) is 0 Å². The number of carbonyl (C=O) groups excluding carboxylic acids is 2. The van der Waals surface area contributed by atoms with Crippen LogP contribution in [0.5, 0.6) is 0 Å². The van der Waals surface area contributed by atoms with E-state index in [0.717, 1.165) is 5.56 Å². The van der Waals surface area contributed by atoms with Crippen LogP contribution < -0.4 is 27.8 Å². The summed E-state index contributed by atoms with van der Waals surface area (Å²) in [5, 5.41) is 14.7. The molecule has 9 N–H and O–H groups in total. The Kier molecular flexibility index (Phi) is 9.94. The van der Waals surface area contributed by atoms with Crippen molar-refractivity contribution in [1.29, 1.82) is 0 Å². The van der Waals surface area contributed by atoms with Gasteiger partial charge in [-0.15, -0.1) is 0 Å². The molecule has 0 spiro atoms. The van der Waals surface area contributed by atoms with Crippen LogP contribution in [0.25, 0.3) is 0 Å². The molecule has 1 aromatic carbocycles. The van der Waals surface area contributed by atoms with Gasteiger partial charge in [-0.25, -0.2) is 4.79 Å². The van der Waals surface area contributed by atoms with Crippen molar-refractivity contribution in [3.8, 4) is 0 Å². The van der Waals surface area contributed by atoms with Gasteiger partial charge in [0.05, 0.1) is 6.04 Å². The van der Waals surface area contributed by atoms with Crippen LogP contribution in [0.4, 0.5) is 0 Å². The second-order valence-electron chi connectivity index (χ2n) is 8.45. The Morgan fingerprint density at radius 1 is 1.06 bits per heavy atom. The number of hydrogen-bond donors (Lipinski definition) is 6. The highest BCUT2D eigenvalue weighted by molar-refractivity contribution is 5.92. The van der Waals surface area contributed by atoms with E-state index < -0.39 is 41.3 Å². The second kappa shape index (κ2) is 11.9. The summed E-state index contributed by atoms with van der Waals surface area (Å²) in [4.78, 5) is 41.0. The highest BCUT2D eigenvalue weighted by atomic mass is 16.4. The first-order valence-electron chi connectivity index (χ1n) is 10.1. The topological polar surface area (TPSA) is 186 Å². The zero-order chi connectivity index (χ0) is 23.6. The lowest BCUT2D eigenvalue weighted by Crippen LogP contribution is -2.59. The fourth-order valence-electron chi connectivity index (χ4n) is 2.88. The number of aliphatic carboxylic acids is 1. The van der Waals surface area contributed by atoms with Gasteiger partial charge in [-0.2, -0.15) is 0 Å². The molecule has 0 aliphatic carbocycles. The van der Waals surface area contributed by atoms with E-state index in [1.807, 2.05) is 6.07 Å². The zero-order valence-electron chi connectivity index (χ0n) is 18.3. The summed E-state index contributed by atoms with van der Waals surface area (Å²) >= 11 is 0. The van der Waals surface area contributed by atoms with Crippen molar-refractivity contribution < 1.29 is 19.5 Å². The maximum Gasteiger partial charge on any atom is 0.326 e. The molecule has 0 bridgehead atoms. The van der Waals surface area contributed by atoms with Gasteiger partial charge in [-0.05, 0) is 23.8 Å². The molecule has 172 valence electrons. The molecule has 10 heteroatoms. The minimum absolute atomic E-state index is 0.0361. The Labute approximate surface area is 182 Å². The first kappa shape index (κ1) is 25.9. The third-order valence-electron chi connectivity index (χ3n) is 4.62. The number of rotatable bonds is 11. The van der Waals surface area contributed by atoms with E-state index in [2.05, 4.69) is 15.6 Å². The fraction of sp³-hybridized carbons (Fsp3) is 0.524. The Bertz CT molecular complexity index is 772. The van der Waals surface area contributed by atoms with Gasteiger partial charge in [-0.3, -0.25) is 14.6 Å². The van der Waals surface area contributed by atoms with Crippen molar-refractivity contribution in [2.24, 2.45) is 27.6 Å². The second-order valence-corrected chi connectivity index (χ2v) is 8.45. The predicted octanol–water partition coefficient (Wildman–Crippen LogP) is -0.290. The van der Waals surface area contributed by atoms with Gasteiger partial charge in [0.2, 0.25) is 11.8 Å². The van der Waals surface area contributed by atoms with E-state index in [-0.39, 0.29) is 12.4 Å². The van der Waals surface area contributed by atoms with Crippen LogP contribution in [0.3, 0.4) is 0 Å². The van der Waals surface area contributed by atoms with E-state index in [4.69, 9.17) is 17.2 Å². The average molecular weight is 435 g/mol. The van der Waals surface area contributed by atoms with E-state index >= 15 is 0 Å². The Balaban J connectivity index is 2.80. The van der Waals surface area contributed by atoms with Gasteiger partial charge in [0, 0.05) is 13.0 Å². The van der Waals surface area contributed by atoms with Gasteiger partial charge in [0.15, 0.2) is 5.96 Å². The van der Waals surface area contributed by atoms with Crippen LogP contribution in [-0.4, -0.2) is 53.5 Å². The molecule has 3 atom stereocenters. The van der Waals surface area contributed by atoms with Gasteiger partial charge < -0.3 is 32.9 Å². The molecule has 0 aromatic heterocycles. The van der Waals surface area contributed by atoms with Gasteiger partial charge >= 0.3 is 5.97 Å². The molecule has 0 aliphatic heterocycles. The SMILES string of the molecule is CC(C)(C)[C@@H](NC(=O)[C@@H](N)CCCN=C(N)N)C(=O)N[C@@H](Cc1ccccc1)C(=O)O. The molecule has 0 unspecified atom stereocenters. The molecule has 0 aliphatic rings. The van der Waals surface area contributed by atoms with Crippen LogP contribution in [0.2, 0.25) is 0 Å². The number of carboxylic acid groups (broad SMARTS) is 1. The molecule has 0 radical (unpaired) electrons. The van der Waals surface area contributed by atoms with Crippen molar-refractivity contribution in [3.05, 3.63) is 35.9 Å². The normalized spacial score (nSPS) is 14.1. The lowest BCUT2D eigenvalue weighted by Gasteiger charge is -2.32. The lowest BCUT2D eigenvalue weighted by molar-refractivity contribution is -0.142. The minimum Gasteiger partial charge on any atom is -0.480 e. The first-order chi connectivity index (χ1) is 14.4. The van der Waals surface area contributed by atoms with Crippen molar-refractivity contribution in [1.82, 2.24) is 10.6 Å². The third-order valence-corrected chi connectivity index (χ3v) is 4.62. The van der Waals surface area contributed by atoms with Crippen LogP contribution >= 0.6 is 0 Å². The van der Waals surface area contributed by atoms with Gasteiger partial charge in [0.1, 0.15) is 12.1 Å². The quantitative estimate of drug-likeness (QED) is 0.157. The molecular formula is C21H34N6O4. The molecule has 0 heterocycles. The highest BCUT2D eigenvalue weighted by Gasteiger charge is 2.35. The minimum atomic E-state index is -1.16. The van der Waals surface area contributed by atoms with Crippen molar-refractivity contribution in [2.75, 3.05) is 6.54 Å². The lowest BCUT2D eigenvalue weighted by atomic mass is 9.85. The molecule has 1 rings (SSSR count). The molecule has 10 nitrogen and oxygen atoms in total. The van der Waals surface area contributed by atoms with E-state index in [9.17, 15) is 19.5 Å². The monoisotopic (exact) mass is 434 g/mol. The summed E-state index contributed by atoms with van der Waals surface area (Å²) in [6.07, 6.45) is 0.945. The summed E-state index contributed by atoms with van der Waals surface area (Å²) in [6, 6.07) is 6.02. The number of amides is 2. The maximum atomic E-state index is 12.9. The maximum absolute atomic E-state index is 12.9. The number of guanidine groups is 1. The largest absolute Gasteiger partial charge is 0.480 e. The van der Waals surface area contributed by atoms with Crippen LogP contribution in [0.1, 0.15) is 39.2 Å². The molecule has 0 saturated heterocycles. The summed E-state index contributed by atoms with van der Waals surface area (Å²) in [6.45, 7) is 5.66. The van der Waals surface area contributed by atoms with Crippen LogP contribution in [0.15, 0.2) is 35.3 Å². The van der Waals surface area contributed by atoms with E-state index in [0.29, 0.717) is 19.4 Å². The summed E-state index contributed by atoms with van der Waals surface area (Å²) in [5.74, 6) is -2.29.